The molecule has 5 N–H and O–H groups in total. The maximum absolute atomic E-state index is 13.2. The van der Waals surface area contributed by atoms with Crippen LogP contribution in [-0.2, 0) is 19.2 Å². The quantitative estimate of drug-likeness (QED) is 0.237. The Morgan fingerprint density at radius 2 is 1.68 bits per heavy atom. The molecule has 2 saturated heterocycles. The number of amides is 4. The van der Waals surface area contributed by atoms with E-state index in [-0.39, 0.29) is 50.5 Å². The van der Waals surface area contributed by atoms with Crippen molar-refractivity contribution in [2.24, 2.45) is 0 Å². The van der Waals surface area contributed by atoms with E-state index in [2.05, 4.69) is 15.5 Å². The molecule has 3 atom stereocenters. The smallest absolute Gasteiger partial charge is 0.407 e. The van der Waals surface area contributed by atoms with Crippen LogP contribution < -0.4 is 10.1 Å². The van der Waals surface area contributed by atoms with Crippen molar-refractivity contribution in [3.05, 3.63) is 36.0 Å². The second kappa shape index (κ2) is 13.9. The van der Waals surface area contributed by atoms with Gasteiger partial charge in [0, 0.05) is 44.7 Å². The molecular formula is C28H34N6O10. The fourth-order valence-corrected chi connectivity index (χ4v) is 5.23. The Balaban J connectivity index is 1.45. The maximum atomic E-state index is 13.2. The summed E-state index contributed by atoms with van der Waals surface area (Å²) in [6.45, 7) is 2.23. The molecule has 0 radical (unpaired) electrons. The molecule has 4 rings (SSSR count). The topological polar surface area (TPSA) is 223 Å². The average Bonchev–Trinajstić information content (AvgIpc) is 3.69. The van der Waals surface area contributed by atoms with Gasteiger partial charge in [-0.3, -0.25) is 24.3 Å². The van der Waals surface area contributed by atoms with Crippen LogP contribution in [0.3, 0.4) is 0 Å². The molecule has 2 aromatic rings. The lowest BCUT2D eigenvalue weighted by atomic mass is 10.1. The zero-order chi connectivity index (χ0) is 32.0. The summed E-state index contributed by atoms with van der Waals surface area (Å²) in [5.41, 5.74) is 0.724. The number of aromatic amines is 1. The van der Waals surface area contributed by atoms with E-state index in [0.29, 0.717) is 30.6 Å². The molecule has 1 aromatic heterocycles. The second-order valence-corrected chi connectivity index (χ2v) is 10.5. The van der Waals surface area contributed by atoms with Crippen LogP contribution in [0.2, 0.25) is 0 Å². The normalized spacial score (nSPS) is 17.9. The summed E-state index contributed by atoms with van der Waals surface area (Å²) in [4.78, 5) is 77.1. The Morgan fingerprint density at radius 3 is 2.34 bits per heavy atom. The summed E-state index contributed by atoms with van der Waals surface area (Å²) in [5.74, 6) is -3.67. The van der Waals surface area contributed by atoms with Crippen molar-refractivity contribution < 1.29 is 48.8 Å². The molecule has 2 aliphatic rings. The van der Waals surface area contributed by atoms with Gasteiger partial charge in [-0.2, -0.15) is 5.10 Å². The van der Waals surface area contributed by atoms with Crippen LogP contribution in [-0.4, -0.2) is 127 Å². The van der Waals surface area contributed by atoms with Crippen molar-refractivity contribution in [3.8, 4) is 17.0 Å². The number of nitrogens with zero attached hydrogens (tertiary/aromatic N) is 4. The Hall–Kier alpha value is -5.15. The van der Waals surface area contributed by atoms with Gasteiger partial charge in [-0.25, -0.2) is 9.59 Å². The number of carboxylic acid groups (broad SMARTS) is 3. The van der Waals surface area contributed by atoms with Crippen molar-refractivity contribution >= 4 is 35.8 Å². The first-order chi connectivity index (χ1) is 21.0. The minimum atomic E-state index is -1.18. The lowest BCUT2D eigenvalue weighted by Gasteiger charge is -2.35. The van der Waals surface area contributed by atoms with Gasteiger partial charge in [0.25, 0.3) is 11.8 Å². The molecule has 1 aromatic carbocycles. The Kier molecular flexibility index (Phi) is 10.0. The number of para-hydroxylation sites is 1. The Morgan fingerprint density at radius 1 is 1.00 bits per heavy atom. The molecule has 2 fully saturated rings. The highest BCUT2D eigenvalue weighted by Crippen LogP contribution is 2.30. The standard InChI is InChI=1S/C28H34N6O10/c1-16(25(38)34-10-4-6-21(34)27(40)41)44-22-7-3-2-5-17(22)19-15-20(31-30-19)24(37)29-18(8-9-23(35)36)26(39)32-11-13-33(14-12-32)28(42)43/h2-3,5,7,15-16,18,21H,4,6,8-14H2,1H3,(H,29,37)(H,30,31)(H,35,36)(H,40,41)(H,42,43)/t16?,18-,21-/m0/s1. The minimum absolute atomic E-state index is 0.0905. The van der Waals surface area contributed by atoms with E-state index >= 15 is 0 Å². The van der Waals surface area contributed by atoms with E-state index in [1.807, 2.05) is 0 Å². The number of aromatic nitrogens is 2. The van der Waals surface area contributed by atoms with Gasteiger partial charge in [0.05, 0.1) is 5.69 Å². The number of H-pyrrole nitrogens is 1. The van der Waals surface area contributed by atoms with Crippen molar-refractivity contribution in [1.82, 2.24) is 30.2 Å². The molecule has 16 heteroatoms. The van der Waals surface area contributed by atoms with Gasteiger partial charge in [-0.15, -0.1) is 0 Å². The second-order valence-electron chi connectivity index (χ2n) is 10.5. The predicted octanol–water partition coefficient (Wildman–Crippen LogP) is 0.705. The molecule has 2 aliphatic heterocycles. The number of rotatable bonds is 11. The predicted molar refractivity (Wildman–Crippen MR) is 151 cm³/mol. The SMILES string of the molecule is CC(Oc1ccccc1-c1cc(C(=O)N[C@@H](CCC(=O)O)C(=O)N2CCN(C(=O)O)CC2)n[nH]1)C(=O)N1CCC[C@H]1C(=O)O. The number of benzene rings is 1. The highest BCUT2D eigenvalue weighted by Gasteiger charge is 2.37. The number of hydrogen-bond donors (Lipinski definition) is 5. The molecule has 0 saturated carbocycles. The fourth-order valence-electron chi connectivity index (χ4n) is 5.23. The first-order valence-corrected chi connectivity index (χ1v) is 14.1. The zero-order valence-corrected chi connectivity index (χ0v) is 24.0. The van der Waals surface area contributed by atoms with Crippen molar-refractivity contribution in [1.29, 1.82) is 0 Å². The summed E-state index contributed by atoms with van der Waals surface area (Å²) in [5, 5.41) is 37.1. The first kappa shape index (κ1) is 31.8. The number of piperazine rings is 1. The van der Waals surface area contributed by atoms with E-state index in [1.165, 1.54) is 22.8 Å². The largest absolute Gasteiger partial charge is 0.481 e. The first-order valence-electron chi connectivity index (χ1n) is 14.1. The fraction of sp³-hybridized carbons (Fsp3) is 0.464. The van der Waals surface area contributed by atoms with Crippen LogP contribution in [0.15, 0.2) is 30.3 Å². The number of hydrogen-bond acceptors (Lipinski definition) is 8. The van der Waals surface area contributed by atoms with Crippen LogP contribution in [0.4, 0.5) is 4.79 Å². The van der Waals surface area contributed by atoms with Gasteiger partial charge in [-0.05, 0) is 44.4 Å². The summed E-state index contributed by atoms with van der Waals surface area (Å²) < 4.78 is 5.93. The van der Waals surface area contributed by atoms with Crippen molar-refractivity contribution in [2.75, 3.05) is 32.7 Å². The van der Waals surface area contributed by atoms with E-state index in [0.717, 1.165) is 4.90 Å². The molecule has 236 valence electrons. The average molecular weight is 615 g/mol. The number of carbonyl (C=O) groups excluding carboxylic acids is 3. The number of likely N-dealkylation sites (tertiary alicyclic amines) is 1. The van der Waals surface area contributed by atoms with Gasteiger partial charge in [0.1, 0.15) is 17.8 Å². The number of aliphatic carboxylic acids is 2. The van der Waals surface area contributed by atoms with Gasteiger partial charge < -0.3 is 40.1 Å². The third-order valence-corrected chi connectivity index (χ3v) is 7.57. The molecule has 0 bridgehead atoms. The molecule has 0 spiro atoms. The van der Waals surface area contributed by atoms with Gasteiger partial charge >= 0.3 is 18.0 Å². The molecule has 1 unspecified atom stereocenters. The third-order valence-electron chi connectivity index (χ3n) is 7.57. The molecular weight excluding hydrogens is 580 g/mol. The van der Waals surface area contributed by atoms with Crippen LogP contribution in [0.1, 0.15) is 43.1 Å². The van der Waals surface area contributed by atoms with Gasteiger partial charge in [0.2, 0.25) is 5.91 Å². The lowest BCUT2D eigenvalue weighted by molar-refractivity contribution is -0.150. The minimum Gasteiger partial charge on any atom is -0.481 e. The number of nitrogens with one attached hydrogen (secondary N) is 2. The third kappa shape index (κ3) is 7.43. The summed E-state index contributed by atoms with van der Waals surface area (Å²) >= 11 is 0. The summed E-state index contributed by atoms with van der Waals surface area (Å²) in [7, 11) is 0. The Labute approximate surface area is 251 Å². The van der Waals surface area contributed by atoms with E-state index < -0.39 is 53.9 Å². The zero-order valence-electron chi connectivity index (χ0n) is 24.0. The summed E-state index contributed by atoms with van der Waals surface area (Å²) in [6.07, 6.45) is -1.72. The van der Waals surface area contributed by atoms with Crippen molar-refractivity contribution in [3.63, 3.8) is 0 Å². The van der Waals surface area contributed by atoms with E-state index in [1.54, 1.807) is 24.3 Å². The molecule has 0 aliphatic carbocycles. The van der Waals surface area contributed by atoms with Crippen LogP contribution in [0.25, 0.3) is 11.3 Å². The molecule has 4 amide bonds. The Bertz CT molecular complexity index is 1420. The molecule has 3 heterocycles. The van der Waals surface area contributed by atoms with Gasteiger partial charge in [0.15, 0.2) is 11.8 Å². The van der Waals surface area contributed by atoms with Crippen LogP contribution in [0.5, 0.6) is 5.75 Å². The van der Waals surface area contributed by atoms with E-state index in [9.17, 15) is 33.9 Å². The number of carboxylic acids is 2. The summed E-state index contributed by atoms with van der Waals surface area (Å²) in [6, 6.07) is 6.01. The van der Waals surface area contributed by atoms with Crippen molar-refractivity contribution in [2.45, 2.75) is 50.8 Å². The highest BCUT2D eigenvalue weighted by atomic mass is 16.5. The molecule has 44 heavy (non-hydrogen) atoms. The lowest BCUT2D eigenvalue weighted by Crippen LogP contribution is -2.55. The van der Waals surface area contributed by atoms with E-state index in [4.69, 9.17) is 14.9 Å². The van der Waals surface area contributed by atoms with Gasteiger partial charge in [-0.1, -0.05) is 12.1 Å². The number of ether oxygens (including phenoxy) is 1. The maximum Gasteiger partial charge on any atom is 0.407 e. The monoisotopic (exact) mass is 614 g/mol. The number of carbonyl (C=O) groups is 6. The molecule has 16 nitrogen and oxygen atoms in total. The van der Waals surface area contributed by atoms with Crippen LogP contribution >= 0.6 is 0 Å². The van der Waals surface area contributed by atoms with Crippen LogP contribution in [0, 0.1) is 0 Å². The highest BCUT2D eigenvalue weighted by molar-refractivity contribution is 5.97.